The molecule has 3 aliphatic rings. The summed E-state index contributed by atoms with van der Waals surface area (Å²) >= 11 is 0. The van der Waals surface area contributed by atoms with Crippen molar-refractivity contribution < 1.29 is 67.8 Å². The Balaban J connectivity index is 1.76. The number of benzene rings is 2. The quantitative estimate of drug-likeness (QED) is 0.257. The molecule has 2 atom stereocenters. The summed E-state index contributed by atoms with van der Waals surface area (Å²) in [4.78, 5) is 40.6. The normalized spacial score (nSPS) is 24.5. The van der Waals surface area contributed by atoms with Crippen molar-refractivity contribution in [3.05, 3.63) is 59.4 Å². The van der Waals surface area contributed by atoms with Crippen LogP contribution in [0.2, 0.25) is 0 Å². The van der Waals surface area contributed by atoms with Crippen LogP contribution in [0, 0.1) is 17.7 Å². The third kappa shape index (κ3) is 6.30. The fraction of sp³-hybridized carbons (Fsp3) is 0.545. The van der Waals surface area contributed by atoms with Crippen LogP contribution in [-0.4, -0.2) is 73.5 Å². The lowest BCUT2D eigenvalue weighted by Crippen LogP contribution is -2.60. The monoisotopic (exact) mass is 754 g/mol. The van der Waals surface area contributed by atoms with E-state index in [-0.39, 0.29) is 44.4 Å². The first-order valence-electron chi connectivity index (χ1n) is 15.9. The van der Waals surface area contributed by atoms with E-state index in [1.165, 1.54) is 25.7 Å². The Morgan fingerprint density at radius 3 is 1.92 bits per heavy atom. The molecule has 1 saturated heterocycles. The molecule has 2 heterocycles. The van der Waals surface area contributed by atoms with Crippen LogP contribution in [0.15, 0.2) is 47.4 Å². The SMILES string of the molecule is CC(C)(C)OC(=O)N1CC2N(C(=O)[C@H]3CC[C@H](C(=O)O)CC3)CCC2(S(=O)(=O)c2ccc(F)cc2)c2ccc(C(F)(C(F)(F)F)C(F)(F)F)cc21. The number of rotatable bonds is 5. The Kier molecular flexibility index (Phi) is 9.47. The van der Waals surface area contributed by atoms with Crippen molar-refractivity contribution in [1.29, 1.82) is 0 Å². The highest BCUT2D eigenvalue weighted by Gasteiger charge is 2.74. The number of nitrogens with zero attached hydrogens (tertiary/aromatic N) is 2. The molecule has 2 aromatic carbocycles. The molecule has 2 aromatic rings. The van der Waals surface area contributed by atoms with Crippen molar-refractivity contribution in [2.24, 2.45) is 11.8 Å². The fourth-order valence-electron chi connectivity index (χ4n) is 7.37. The maximum Gasteiger partial charge on any atom is 0.435 e. The summed E-state index contributed by atoms with van der Waals surface area (Å²) in [5.41, 5.74) is -10.5. The van der Waals surface area contributed by atoms with Gasteiger partial charge in [0, 0.05) is 18.0 Å². The van der Waals surface area contributed by atoms with Crippen LogP contribution in [0.25, 0.3) is 0 Å². The largest absolute Gasteiger partial charge is 0.481 e. The molecule has 0 spiro atoms. The molecule has 0 radical (unpaired) electrons. The maximum absolute atomic E-state index is 15.4. The van der Waals surface area contributed by atoms with Gasteiger partial charge in [-0.05, 0) is 88.8 Å². The molecule has 0 aromatic heterocycles. The minimum Gasteiger partial charge on any atom is -0.481 e. The standard InChI is InChI=1S/C33H34F8N2O7S/c1-29(2,3)50-28(47)43-17-25-30(51(48,49)22-11-9-21(34)10-12-22,14-15-42(25)26(44)18-4-6-19(7-5-18)27(45)46)23-13-8-20(16-24(23)43)31(35,32(36,37)38)33(39,40)41/h8-13,16,18-19,25H,4-7,14-15,17H2,1-3H3,(H,45,46)/t18-,19-,25?,30?. The van der Waals surface area contributed by atoms with Crippen LogP contribution in [0.3, 0.4) is 0 Å². The van der Waals surface area contributed by atoms with E-state index in [0.717, 1.165) is 24.3 Å². The third-order valence-corrected chi connectivity index (χ3v) is 12.4. The first-order chi connectivity index (χ1) is 23.4. The van der Waals surface area contributed by atoms with Crippen LogP contribution in [0.5, 0.6) is 0 Å². The number of anilines is 1. The number of carbonyl (C=O) groups excluding carboxylic acids is 2. The van der Waals surface area contributed by atoms with Gasteiger partial charge in [0.2, 0.25) is 5.91 Å². The zero-order valence-corrected chi connectivity index (χ0v) is 28.3. The van der Waals surface area contributed by atoms with Crippen molar-refractivity contribution >= 4 is 33.5 Å². The maximum atomic E-state index is 15.4. The van der Waals surface area contributed by atoms with Gasteiger partial charge in [-0.2, -0.15) is 26.3 Å². The van der Waals surface area contributed by atoms with E-state index in [4.69, 9.17) is 4.74 Å². The Labute approximate surface area is 287 Å². The van der Waals surface area contributed by atoms with Gasteiger partial charge >= 0.3 is 30.1 Å². The first kappa shape index (κ1) is 38.3. The Morgan fingerprint density at radius 2 is 1.41 bits per heavy atom. The summed E-state index contributed by atoms with van der Waals surface area (Å²) in [6.45, 7) is 3.10. The summed E-state index contributed by atoms with van der Waals surface area (Å²) < 4.78 is 145. The highest BCUT2D eigenvalue weighted by atomic mass is 32.2. The lowest BCUT2D eigenvalue weighted by atomic mass is 9.80. The minimum absolute atomic E-state index is 0.121. The second-order valence-electron chi connectivity index (χ2n) is 14.0. The summed E-state index contributed by atoms with van der Waals surface area (Å²) in [7, 11) is -4.85. The molecule has 0 bridgehead atoms. The molecule has 1 saturated carbocycles. The van der Waals surface area contributed by atoms with Gasteiger partial charge in [-0.25, -0.2) is 22.0 Å². The second-order valence-corrected chi connectivity index (χ2v) is 16.2. The first-order valence-corrected chi connectivity index (χ1v) is 17.4. The third-order valence-electron chi connectivity index (χ3n) is 9.84. The van der Waals surface area contributed by atoms with E-state index in [1.807, 2.05) is 0 Å². The molecule has 2 fully saturated rings. The molecular weight excluding hydrogens is 720 g/mol. The van der Waals surface area contributed by atoms with E-state index in [1.54, 1.807) is 0 Å². The van der Waals surface area contributed by atoms with Crippen molar-refractivity contribution in [2.75, 3.05) is 18.0 Å². The number of sulfone groups is 1. The van der Waals surface area contributed by atoms with Gasteiger partial charge in [0.15, 0.2) is 9.84 Å². The zero-order valence-electron chi connectivity index (χ0n) is 27.4. The van der Waals surface area contributed by atoms with Gasteiger partial charge in [-0.15, -0.1) is 0 Å². The molecule has 2 aliphatic heterocycles. The summed E-state index contributed by atoms with van der Waals surface area (Å²) in [5.74, 6) is -3.95. The lowest BCUT2D eigenvalue weighted by molar-refractivity contribution is -0.348. The number of ether oxygens (including phenoxy) is 1. The minimum atomic E-state index is -6.54. The molecule has 1 aliphatic carbocycles. The molecule has 2 unspecified atom stereocenters. The molecule has 51 heavy (non-hydrogen) atoms. The number of hydrogen-bond donors (Lipinski definition) is 1. The van der Waals surface area contributed by atoms with Crippen molar-refractivity contribution in [1.82, 2.24) is 4.90 Å². The molecule has 2 amide bonds. The predicted octanol–water partition coefficient (Wildman–Crippen LogP) is 7.03. The number of carboxylic acids is 1. The van der Waals surface area contributed by atoms with Crippen molar-refractivity contribution in [3.8, 4) is 0 Å². The predicted molar refractivity (Wildman–Crippen MR) is 163 cm³/mol. The van der Waals surface area contributed by atoms with Crippen LogP contribution in [0.1, 0.15) is 64.0 Å². The van der Waals surface area contributed by atoms with Gasteiger partial charge < -0.3 is 14.7 Å². The topological polar surface area (TPSA) is 121 Å². The molecular formula is C33H34F8N2O7S. The lowest BCUT2D eigenvalue weighted by Gasteiger charge is -2.47. The summed E-state index contributed by atoms with van der Waals surface area (Å²) in [6, 6.07) is 2.77. The Hall–Kier alpha value is -3.96. The van der Waals surface area contributed by atoms with Gasteiger partial charge in [0.05, 0.1) is 29.1 Å². The van der Waals surface area contributed by atoms with E-state index in [2.05, 4.69) is 0 Å². The van der Waals surface area contributed by atoms with Crippen LogP contribution >= 0.6 is 0 Å². The number of carbonyl (C=O) groups is 3. The number of fused-ring (bicyclic) bond motifs is 3. The average molecular weight is 755 g/mol. The Morgan fingerprint density at radius 1 is 0.863 bits per heavy atom. The van der Waals surface area contributed by atoms with Crippen LogP contribution in [-0.2, 0) is 34.6 Å². The number of halogens is 8. The summed E-state index contributed by atoms with van der Waals surface area (Å²) in [6.07, 6.45) is -14.4. The van der Waals surface area contributed by atoms with E-state index in [9.17, 15) is 58.6 Å². The highest BCUT2D eigenvalue weighted by molar-refractivity contribution is 7.92. The van der Waals surface area contributed by atoms with Crippen molar-refractivity contribution in [2.45, 2.75) is 92.2 Å². The average Bonchev–Trinajstić information content (AvgIpc) is 3.43. The summed E-state index contributed by atoms with van der Waals surface area (Å²) in [5, 5.41) is 9.41. The second kappa shape index (κ2) is 12.6. The molecule has 1 N–H and O–H groups in total. The van der Waals surface area contributed by atoms with E-state index >= 15 is 4.39 Å². The van der Waals surface area contributed by atoms with E-state index in [0.29, 0.717) is 11.0 Å². The highest BCUT2D eigenvalue weighted by Crippen LogP contribution is 2.58. The van der Waals surface area contributed by atoms with Crippen LogP contribution < -0.4 is 4.90 Å². The van der Waals surface area contributed by atoms with Gasteiger partial charge in [0.1, 0.15) is 16.2 Å². The number of aliphatic carboxylic acids is 1. The number of carboxylic acid groups (broad SMARTS) is 1. The van der Waals surface area contributed by atoms with Gasteiger partial charge in [-0.1, -0.05) is 12.1 Å². The fourth-order valence-corrected chi connectivity index (χ4v) is 9.66. The molecule has 18 heteroatoms. The number of alkyl halides is 7. The Bertz CT molecular complexity index is 1800. The molecule has 9 nitrogen and oxygen atoms in total. The number of likely N-dealkylation sites (tertiary alicyclic amines) is 1. The smallest absolute Gasteiger partial charge is 0.435 e. The number of amides is 2. The zero-order chi connectivity index (χ0) is 38.1. The van der Waals surface area contributed by atoms with E-state index < -0.39 is 115 Å². The van der Waals surface area contributed by atoms with Crippen molar-refractivity contribution in [3.63, 3.8) is 0 Å². The molecule has 280 valence electrons. The van der Waals surface area contributed by atoms with Gasteiger partial charge in [0.25, 0.3) is 0 Å². The van der Waals surface area contributed by atoms with Gasteiger partial charge in [-0.3, -0.25) is 14.5 Å². The van der Waals surface area contributed by atoms with Crippen LogP contribution in [0.4, 0.5) is 45.6 Å². The molecule has 5 rings (SSSR count). The number of hydrogen-bond acceptors (Lipinski definition) is 6.